The Hall–Kier alpha value is -1.14. The Morgan fingerprint density at radius 3 is 2.82 bits per heavy atom. The summed E-state index contributed by atoms with van der Waals surface area (Å²) in [6.07, 6.45) is 1.96. The zero-order chi connectivity index (χ0) is 12.8. The van der Waals surface area contributed by atoms with Crippen molar-refractivity contribution in [1.82, 2.24) is 4.98 Å². The fraction of sp³-hybridized carbons (Fsp3) is 0.545. The number of nitrogen functional groups attached to an aromatic ring is 1. The number of nitrogens with zero attached hydrogens (tertiary/aromatic N) is 1. The number of ether oxygens (including phenoxy) is 1. The summed E-state index contributed by atoms with van der Waals surface area (Å²) in [5.74, 6) is 1.10. The molecule has 0 aromatic carbocycles. The van der Waals surface area contributed by atoms with Crippen LogP contribution in [0.15, 0.2) is 12.1 Å². The number of aromatic nitrogens is 1. The summed E-state index contributed by atoms with van der Waals surface area (Å²) >= 11 is 1.60. The maximum atomic E-state index is 9.21. The van der Waals surface area contributed by atoms with Gasteiger partial charge in [0.1, 0.15) is 0 Å². The van der Waals surface area contributed by atoms with Gasteiger partial charge in [-0.3, -0.25) is 0 Å². The predicted molar refractivity (Wildman–Crippen MR) is 72.7 cm³/mol. The molecule has 1 aromatic rings. The molecule has 0 fully saturated rings. The molecule has 2 unspecified atom stereocenters. The lowest BCUT2D eigenvalue weighted by Gasteiger charge is -2.22. The third-order valence-corrected chi connectivity index (χ3v) is 3.68. The highest BCUT2D eigenvalue weighted by Crippen LogP contribution is 2.22. The molecule has 1 heterocycles. The lowest BCUT2D eigenvalue weighted by molar-refractivity contribution is 0.288. The van der Waals surface area contributed by atoms with Gasteiger partial charge in [0, 0.05) is 17.4 Å². The van der Waals surface area contributed by atoms with Gasteiger partial charge in [0.2, 0.25) is 5.88 Å². The van der Waals surface area contributed by atoms with Crippen LogP contribution in [0.25, 0.3) is 0 Å². The summed E-state index contributed by atoms with van der Waals surface area (Å²) in [6.45, 7) is 2.09. The molecule has 1 aromatic heterocycles. The summed E-state index contributed by atoms with van der Waals surface area (Å²) < 4.78 is 5.04. The van der Waals surface area contributed by atoms with Crippen molar-refractivity contribution in [1.29, 1.82) is 0 Å². The highest BCUT2D eigenvalue weighted by molar-refractivity contribution is 7.99. The maximum Gasteiger partial charge on any atom is 0.215 e. The van der Waals surface area contributed by atoms with Crippen molar-refractivity contribution in [3.63, 3.8) is 0 Å². The zero-order valence-corrected chi connectivity index (χ0v) is 11.1. The van der Waals surface area contributed by atoms with Crippen LogP contribution in [0, 0.1) is 0 Å². The van der Waals surface area contributed by atoms with Crippen LogP contribution in [0.1, 0.15) is 6.92 Å². The summed E-state index contributed by atoms with van der Waals surface area (Å²) in [7, 11) is 1.56. The second-order valence-corrected chi connectivity index (χ2v) is 4.76. The Kier molecular flexibility index (Phi) is 5.37. The average molecular weight is 257 g/mol. The van der Waals surface area contributed by atoms with E-state index in [1.807, 2.05) is 13.2 Å². The number of thioether (sulfide) groups is 1. The van der Waals surface area contributed by atoms with Gasteiger partial charge in [-0.2, -0.15) is 16.7 Å². The molecule has 96 valence electrons. The van der Waals surface area contributed by atoms with Crippen molar-refractivity contribution in [3.8, 4) is 5.88 Å². The maximum absolute atomic E-state index is 9.21. The Bertz CT molecular complexity index is 359. The van der Waals surface area contributed by atoms with Gasteiger partial charge in [0.25, 0.3) is 0 Å². The molecule has 0 aliphatic heterocycles. The minimum absolute atomic E-state index is 0.0666. The van der Waals surface area contributed by atoms with E-state index in [-0.39, 0.29) is 17.9 Å². The van der Waals surface area contributed by atoms with Crippen LogP contribution < -0.4 is 15.8 Å². The smallest absolute Gasteiger partial charge is 0.215 e. The van der Waals surface area contributed by atoms with Gasteiger partial charge in [0.15, 0.2) is 5.82 Å². The molecule has 0 bridgehead atoms. The molecular formula is C11H19N3O2S. The van der Waals surface area contributed by atoms with E-state index in [1.165, 1.54) is 0 Å². The summed E-state index contributed by atoms with van der Waals surface area (Å²) in [6, 6.07) is 3.52. The standard InChI is InChI=1S/C11H19N3O2S/c1-7(9(6-15)17-3)13-11-8(12)4-5-10(14-11)16-2/h4-5,7,9,15H,6,12H2,1-3H3,(H,13,14). The van der Waals surface area contributed by atoms with E-state index >= 15 is 0 Å². The van der Waals surface area contributed by atoms with Gasteiger partial charge < -0.3 is 20.9 Å². The van der Waals surface area contributed by atoms with Gasteiger partial charge in [-0.1, -0.05) is 0 Å². The van der Waals surface area contributed by atoms with Crippen molar-refractivity contribution >= 4 is 23.3 Å². The number of nitrogens with one attached hydrogen (secondary N) is 1. The van der Waals surface area contributed by atoms with E-state index in [4.69, 9.17) is 10.5 Å². The number of pyridine rings is 1. The molecule has 5 nitrogen and oxygen atoms in total. The minimum atomic E-state index is 0.0666. The van der Waals surface area contributed by atoms with Crippen LogP contribution in [0.2, 0.25) is 0 Å². The van der Waals surface area contributed by atoms with Gasteiger partial charge in [-0.15, -0.1) is 0 Å². The first-order chi connectivity index (χ1) is 8.12. The van der Waals surface area contributed by atoms with Crippen molar-refractivity contribution in [2.45, 2.75) is 18.2 Å². The number of aliphatic hydroxyl groups excluding tert-OH is 1. The lowest BCUT2D eigenvalue weighted by Crippen LogP contribution is -2.31. The predicted octanol–water partition coefficient (Wildman–Crippen LogP) is 1.20. The zero-order valence-electron chi connectivity index (χ0n) is 10.3. The first-order valence-electron chi connectivity index (χ1n) is 5.33. The van der Waals surface area contributed by atoms with E-state index in [0.29, 0.717) is 17.4 Å². The number of anilines is 2. The Balaban J connectivity index is 2.79. The third-order valence-electron chi connectivity index (χ3n) is 2.51. The molecule has 17 heavy (non-hydrogen) atoms. The van der Waals surface area contributed by atoms with Crippen LogP contribution >= 0.6 is 11.8 Å². The molecule has 6 heteroatoms. The number of rotatable bonds is 6. The van der Waals surface area contributed by atoms with E-state index in [9.17, 15) is 5.11 Å². The highest BCUT2D eigenvalue weighted by atomic mass is 32.2. The van der Waals surface area contributed by atoms with E-state index in [2.05, 4.69) is 10.3 Å². The Morgan fingerprint density at radius 1 is 1.59 bits per heavy atom. The number of hydrogen-bond donors (Lipinski definition) is 3. The minimum Gasteiger partial charge on any atom is -0.481 e. The molecule has 0 aliphatic rings. The molecule has 0 radical (unpaired) electrons. The van der Waals surface area contributed by atoms with Crippen LogP contribution in [-0.2, 0) is 0 Å². The molecule has 0 amide bonds. The molecule has 0 aliphatic carbocycles. The molecule has 0 saturated carbocycles. The first kappa shape index (κ1) is 13.9. The fourth-order valence-corrected chi connectivity index (χ4v) is 2.05. The summed E-state index contributed by atoms with van der Waals surface area (Å²) in [4.78, 5) is 4.23. The second-order valence-electron chi connectivity index (χ2n) is 3.68. The van der Waals surface area contributed by atoms with Gasteiger partial charge in [-0.25, -0.2) is 0 Å². The van der Waals surface area contributed by atoms with E-state index in [0.717, 1.165) is 0 Å². The molecule has 4 N–H and O–H groups in total. The Labute approximate surface area is 106 Å². The topological polar surface area (TPSA) is 80.4 Å². The number of hydrogen-bond acceptors (Lipinski definition) is 6. The monoisotopic (exact) mass is 257 g/mol. The SMILES string of the molecule is COc1ccc(N)c(NC(C)C(CO)SC)n1. The fourth-order valence-electron chi connectivity index (χ4n) is 1.43. The van der Waals surface area contributed by atoms with Crippen molar-refractivity contribution in [2.24, 2.45) is 0 Å². The largest absolute Gasteiger partial charge is 0.481 e. The lowest BCUT2D eigenvalue weighted by atomic mass is 10.2. The number of methoxy groups -OCH3 is 1. The Morgan fingerprint density at radius 2 is 2.29 bits per heavy atom. The molecular weight excluding hydrogens is 238 g/mol. The molecule has 0 spiro atoms. The van der Waals surface area contributed by atoms with E-state index in [1.54, 1.807) is 31.0 Å². The highest BCUT2D eigenvalue weighted by Gasteiger charge is 2.16. The van der Waals surface area contributed by atoms with E-state index < -0.39 is 0 Å². The summed E-state index contributed by atoms with van der Waals surface area (Å²) in [5.41, 5.74) is 6.39. The first-order valence-corrected chi connectivity index (χ1v) is 6.61. The van der Waals surface area contributed by atoms with Gasteiger partial charge >= 0.3 is 0 Å². The van der Waals surface area contributed by atoms with Crippen LogP contribution in [0.3, 0.4) is 0 Å². The number of nitrogens with two attached hydrogens (primary N) is 1. The second kappa shape index (κ2) is 6.56. The quantitative estimate of drug-likeness (QED) is 0.710. The average Bonchev–Trinajstić information content (AvgIpc) is 2.33. The van der Waals surface area contributed by atoms with Crippen LogP contribution in [0.5, 0.6) is 5.88 Å². The van der Waals surface area contributed by atoms with Crippen molar-refractivity contribution in [2.75, 3.05) is 31.0 Å². The number of aliphatic hydroxyl groups is 1. The van der Waals surface area contributed by atoms with Gasteiger partial charge in [0.05, 0.1) is 19.4 Å². The molecule has 0 saturated heterocycles. The van der Waals surface area contributed by atoms with Gasteiger partial charge in [-0.05, 0) is 19.2 Å². The molecule has 2 atom stereocenters. The van der Waals surface area contributed by atoms with Crippen LogP contribution in [-0.4, -0.2) is 41.4 Å². The third kappa shape index (κ3) is 3.67. The normalized spacial score (nSPS) is 14.1. The summed E-state index contributed by atoms with van der Waals surface area (Å²) in [5, 5.41) is 12.5. The molecule has 1 rings (SSSR count). The van der Waals surface area contributed by atoms with Crippen molar-refractivity contribution < 1.29 is 9.84 Å². The van der Waals surface area contributed by atoms with Crippen molar-refractivity contribution in [3.05, 3.63) is 12.1 Å². The van der Waals surface area contributed by atoms with Crippen LogP contribution in [0.4, 0.5) is 11.5 Å².